The third-order valence-corrected chi connectivity index (χ3v) is 4.20. The van der Waals surface area contributed by atoms with Gasteiger partial charge in [-0.25, -0.2) is 19.9 Å². The molecule has 122 valence electrons. The summed E-state index contributed by atoms with van der Waals surface area (Å²) in [7, 11) is 1.71. The van der Waals surface area contributed by atoms with Crippen LogP contribution in [0.4, 0.5) is 11.5 Å². The molecule has 2 aromatic rings. The fourth-order valence-corrected chi connectivity index (χ4v) is 2.86. The Hall–Kier alpha value is -1.93. The van der Waals surface area contributed by atoms with Gasteiger partial charge in [-0.2, -0.15) is 0 Å². The van der Waals surface area contributed by atoms with E-state index in [9.17, 15) is 4.79 Å². The van der Waals surface area contributed by atoms with E-state index in [1.165, 1.54) is 23.0 Å². The molecule has 0 bridgehead atoms. The summed E-state index contributed by atoms with van der Waals surface area (Å²) in [5, 5.41) is 3.78. The fraction of sp³-hybridized carbons (Fsp3) is 0.357. The van der Waals surface area contributed by atoms with Crippen molar-refractivity contribution in [3.63, 3.8) is 0 Å². The largest absolute Gasteiger partial charge is 0.383 e. The van der Waals surface area contributed by atoms with Gasteiger partial charge in [-0.1, -0.05) is 30.3 Å². The van der Waals surface area contributed by atoms with Crippen LogP contribution in [0.15, 0.2) is 23.9 Å². The van der Waals surface area contributed by atoms with E-state index in [1.54, 1.807) is 19.4 Å². The van der Waals surface area contributed by atoms with Crippen molar-refractivity contribution in [1.29, 1.82) is 0 Å². The van der Waals surface area contributed by atoms with Crippen LogP contribution in [0.1, 0.15) is 18.9 Å². The number of hydrogen-bond acceptors (Lipinski definition) is 7. The van der Waals surface area contributed by atoms with E-state index in [4.69, 9.17) is 11.6 Å². The van der Waals surface area contributed by atoms with Gasteiger partial charge in [0, 0.05) is 30.8 Å². The van der Waals surface area contributed by atoms with Crippen LogP contribution in [-0.4, -0.2) is 39.1 Å². The van der Waals surface area contributed by atoms with Gasteiger partial charge >= 0.3 is 0 Å². The number of halogens is 1. The van der Waals surface area contributed by atoms with Crippen LogP contribution in [0.25, 0.3) is 0 Å². The normalized spacial score (nSPS) is 10.4. The molecule has 0 aromatic carbocycles. The van der Waals surface area contributed by atoms with Crippen molar-refractivity contribution in [2.75, 3.05) is 23.0 Å². The highest BCUT2D eigenvalue weighted by Gasteiger charge is 2.18. The third kappa shape index (κ3) is 4.52. The molecule has 2 heterocycles. The second-order valence-electron chi connectivity index (χ2n) is 4.57. The number of hydrogen-bond donors (Lipinski definition) is 1. The Labute approximate surface area is 143 Å². The molecular weight excluding hydrogens is 336 g/mol. The highest BCUT2D eigenvalue weighted by atomic mass is 35.5. The number of rotatable bonds is 8. The molecule has 0 aliphatic rings. The minimum absolute atomic E-state index is 0.285. The average molecular weight is 353 g/mol. The monoisotopic (exact) mass is 352 g/mol. The molecule has 1 N–H and O–H groups in total. The molecule has 0 atom stereocenters. The molecule has 23 heavy (non-hydrogen) atoms. The van der Waals surface area contributed by atoms with Gasteiger partial charge in [0.15, 0.2) is 16.1 Å². The molecule has 7 nitrogen and oxygen atoms in total. The van der Waals surface area contributed by atoms with E-state index >= 15 is 0 Å². The van der Waals surface area contributed by atoms with Gasteiger partial charge in [0.05, 0.1) is 6.54 Å². The van der Waals surface area contributed by atoms with Crippen molar-refractivity contribution >= 4 is 41.3 Å². The van der Waals surface area contributed by atoms with Crippen molar-refractivity contribution in [3.8, 4) is 0 Å². The lowest BCUT2D eigenvalue weighted by atomic mass is 10.3. The zero-order chi connectivity index (χ0) is 16.7. The molecule has 0 radical (unpaired) electrons. The molecule has 2 aromatic heterocycles. The number of thioether (sulfide) groups is 1. The lowest BCUT2D eigenvalue weighted by Crippen LogP contribution is -2.23. The minimum atomic E-state index is 0.285. The maximum absolute atomic E-state index is 11.6. The Morgan fingerprint density at radius 3 is 2.70 bits per heavy atom. The highest BCUT2D eigenvalue weighted by Crippen LogP contribution is 2.32. The zero-order valence-corrected chi connectivity index (χ0v) is 14.4. The summed E-state index contributed by atoms with van der Waals surface area (Å²) >= 11 is 7.72. The first kappa shape index (κ1) is 17.4. The molecule has 0 saturated heterocycles. The number of anilines is 2. The molecular formula is C14H17ClN6OS. The predicted octanol–water partition coefficient (Wildman–Crippen LogP) is 2.63. The number of amides is 1. The Morgan fingerprint density at radius 1 is 1.35 bits per heavy atom. The van der Waals surface area contributed by atoms with Gasteiger partial charge in [0.2, 0.25) is 6.41 Å². The van der Waals surface area contributed by atoms with Crippen LogP contribution >= 0.6 is 23.4 Å². The summed E-state index contributed by atoms with van der Waals surface area (Å²) in [6.07, 6.45) is 6.44. The maximum Gasteiger partial charge on any atom is 0.215 e. The summed E-state index contributed by atoms with van der Waals surface area (Å²) in [4.78, 5) is 29.6. The molecule has 0 fully saturated rings. The SMILES string of the molecule is CCCSc1nc(Cl)c(NC)c(N(C=O)Cc2cncnc2)n1. The van der Waals surface area contributed by atoms with Crippen molar-refractivity contribution in [2.45, 2.75) is 25.0 Å². The zero-order valence-electron chi connectivity index (χ0n) is 12.9. The third-order valence-electron chi connectivity index (χ3n) is 2.88. The van der Waals surface area contributed by atoms with Crippen molar-refractivity contribution in [3.05, 3.63) is 29.4 Å². The van der Waals surface area contributed by atoms with Gasteiger partial charge in [0.1, 0.15) is 12.0 Å². The van der Waals surface area contributed by atoms with Crippen LogP contribution < -0.4 is 10.2 Å². The molecule has 0 aliphatic heterocycles. The Morgan fingerprint density at radius 2 is 2.09 bits per heavy atom. The molecule has 1 amide bonds. The topological polar surface area (TPSA) is 83.9 Å². The van der Waals surface area contributed by atoms with Crippen LogP contribution in [-0.2, 0) is 11.3 Å². The highest BCUT2D eigenvalue weighted by molar-refractivity contribution is 7.99. The van der Waals surface area contributed by atoms with E-state index < -0.39 is 0 Å². The van der Waals surface area contributed by atoms with Crippen molar-refractivity contribution in [1.82, 2.24) is 19.9 Å². The standard InChI is InChI=1S/C14H17ClN6OS/c1-3-4-23-14-19-12(15)11(16-2)13(20-14)21(9-22)7-10-5-17-8-18-6-10/h5-6,8-9,16H,3-4,7H2,1-2H3. The first-order valence-corrected chi connectivity index (χ1v) is 8.39. The van der Waals surface area contributed by atoms with E-state index in [0.29, 0.717) is 29.6 Å². The van der Waals surface area contributed by atoms with Gasteiger partial charge in [-0.05, 0) is 6.42 Å². The lowest BCUT2D eigenvalue weighted by Gasteiger charge is -2.20. The van der Waals surface area contributed by atoms with Crippen LogP contribution in [0.2, 0.25) is 5.15 Å². The van der Waals surface area contributed by atoms with Crippen LogP contribution in [0, 0.1) is 0 Å². The summed E-state index contributed by atoms with van der Waals surface area (Å²) in [5.74, 6) is 1.31. The molecule has 0 saturated carbocycles. The average Bonchev–Trinajstić information content (AvgIpc) is 2.58. The maximum atomic E-state index is 11.6. The molecule has 2 rings (SSSR count). The van der Waals surface area contributed by atoms with Crippen LogP contribution in [0.5, 0.6) is 0 Å². The van der Waals surface area contributed by atoms with Gasteiger partial charge < -0.3 is 5.32 Å². The second-order valence-corrected chi connectivity index (χ2v) is 5.99. The molecule has 0 spiro atoms. The number of nitrogens with one attached hydrogen (secondary N) is 1. The first-order chi connectivity index (χ1) is 11.2. The summed E-state index contributed by atoms with van der Waals surface area (Å²) in [5.41, 5.74) is 1.30. The molecule has 9 heteroatoms. The van der Waals surface area contributed by atoms with E-state index in [-0.39, 0.29) is 5.15 Å². The number of nitrogens with zero attached hydrogens (tertiary/aromatic N) is 5. The van der Waals surface area contributed by atoms with E-state index in [0.717, 1.165) is 17.7 Å². The molecule has 0 unspecified atom stereocenters. The predicted molar refractivity (Wildman–Crippen MR) is 91.9 cm³/mol. The van der Waals surface area contributed by atoms with Crippen molar-refractivity contribution in [2.24, 2.45) is 0 Å². The summed E-state index contributed by atoms with van der Waals surface area (Å²) in [6, 6.07) is 0. The lowest BCUT2D eigenvalue weighted by molar-refractivity contribution is -0.107. The number of carbonyl (C=O) groups is 1. The van der Waals surface area contributed by atoms with Crippen molar-refractivity contribution < 1.29 is 4.79 Å². The van der Waals surface area contributed by atoms with E-state index in [1.807, 2.05) is 0 Å². The minimum Gasteiger partial charge on any atom is -0.383 e. The smallest absolute Gasteiger partial charge is 0.215 e. The summed E-state index contributed by atoms with van der Waals surface area (Å²) in [6.45, 7) is 2.37. The Kier molecular flexibility index (Phi) is 6.54. The number of carbonyl (C=O) groups excluding carboxylic acids is 1. The van der Waals surface area contributed by atoms with Gasteiger partial charge in [0.25, 0.3) is 0 Å². The van der Waals surface area contributed by atoms with Crippen LogP contribution in [0.3, 0.4) is 0 Å². The second kappa shape index (κ2) is 8.64. The van der Waals surface area contributed by atoms with Gasteiger partial charge in [-0.3, -0.25) is 9.69 Å². The Bertz CT molecular complexity index is 657. The van der Waals surface area contributed by atoms with E-state index in [2.05, 4.69) is 32.2 Å². The number of aromatic nitrogens is 4. The Balaban J connectivity index is 2.36. The van der Waals surface area contributed by atoms with Gasteiger partial charge in [-0.15, -0.1) is 0 Å². The fourth-order valence-electron chi connectivity index (χ4n) is 1.85. The summed E-state index contributed by atoms with van der Waals surface area (Å²) < 4.78 is 0. The quantitative estimate of drug-likeness (QED) is 0.338. The first-order valence-electron chi connectivity index (χ1n) is 7.03. The molecule has 0 aliphatic carbocycles.